The number of hydrogen-bond acceptors (Lipinski definition) is 3. The second kappa shape index (κ2) is 7.49. The largest absolute Gasteiger partial charge is 0.482 e. The highest BCUT2D eigenvalue weighted by atomic mass is 79.9. The highest BCUT2D eigenvalue weighted by Gasteiger charge is 2.18. The van der Waals surface area contributed by atoms with Crippen LogP contribution in [0.15, 0.2) is 69.8 Å². The highest BCUT2D eigenvalue weighted by molar-refractivity contribution is 9.10. The molecule has 0 aliphatic heterocycles. The minimum atomic E-state index is 0.287. The number of furan rings is 1. The summed E-state index contributed by atoms with van der Waals surface area (Å²) in [7, 11) is 0. The molecule has 0 aliphatic carbocycles. The van der Waals surface area contributed by atoms with Crippen molar-refractivity contribution in [2.45, 2.75) is 20.5 Å². The number of halogens is 2. The highest BCUT2D eigenvalue weighted by Crippen LogP contribution is 2.37. The van der Waals surface area contributed by atoms with Crippen molar-refractivity contribution in [3.63, 3.8) is 0 Å². The van der Waals surface area contributed by atoms with Gasteiger partial charge in [0.05, 0.1) is 5.69 Å². The summed E-state index contributed by atoms with van der Waals surface area (Å²) >= 11 is 9.68. The molecule has 0 atom stereocenters. The fraction of sp³-hybridized carbons (Fsp3) is 0.125. The molecule has 6 heteroatoms. The molecule has 0 saturated carbocycles. The van der Waals surface area contributed by atoms with Gasteiger partial charge in [0.2, 0.25) is 0 Å². The number of aryl methyl sites for hydroxylation is 2. The average Bonchev–Trinajstić information content (AvgIpc) is 3.24. The third-order valence-electron chi connectivity index (χ3n) is 5.12. The molecule has 0 unspecified atom stereocenters. The van der Waals surface area contributed by atoms with Crippen molar-refractivity contribution in [3.05, 3.63) is 87.4 Å². The summed E-state index contributed by atoms with van der Waals surface area (Å²) in [5.41, 5.74) is 5.75. The SMILES string of the molecule is Cc1ccc2oc(COc3cccn4c(Br)c(C)nc34)c(-c3ccc(Cl)cc3)c2c1. The Morgan fingerprint density at radius 2 is 1.90 bits per heavy atom. The van der Waals surface area contributed by atoms with Gasteiger partial charge in [-0.05, 0) is 71.7 Å². The van der Waals surface area contributed by atoms with E-state index in [2.05, 4.69) is 33.9 Å². The average molecular weight is 482 g/mol. The molecule has 150 valence electrons. The summed E-state index contributed by atoms with van der Waals surface area (Å²) < 4.78 is 15.3. The third-order valence-corrected chi connectivity index (χ3v) is 6.33. The number of nitrogens with zero attached hydrogens (tertiary/aromatic N) is 2. The molecule has 0 aliphatic rings. The van der Waals surface area contributed by atoms with Gasteiger partial charge in [-0.3, -0.25) is 4.40 Å². The molecule has 0 amide bonds. The van der Waals surface area contributed by atoms with Gasteiger partial charge in [-0.2, -0.15) is 0 Å². The Hall–Kier alpha value is -2.76. The molecule has 2 aromatic carbocycles. The summed E-state index contributed by atoms with van der Waals surface area (Å²) in [6.45, 7) is 4.32. The van der Waals surface area contributed by atoms with Crippen molar-refractivity contribution in [3.8, 4) is 16.9 Å². The van der Waals surface area contributed by atoms with Crippen LogP contribution in [-0.2, 0) is 6.61 Å². The number of ether oxygens (including phenoxy) is 1. The molecule has 3 aromatic heterocycles. The summed E-state index contributed by atoms with van der Waals surface area (Å²) in [6.07, 6.45) is 1.95. The van der Waals surface area contributed by atoms with Crippen LogP contribution >= 0.6 is 27.5 Å². The van der Waals surface area contributed by atoms with Crippen LogP contribution < -0.4 is 4.74 Å². The molecule has 0 fully saturated rings. The molecule has 30 heavy (non-hydrogen) atoms. The monoisotopic (exact) mass is 480 g/mol. The number of benzene rings is 2. The lowest BCUT2D eigenvalue weighted by Crippen LogP contribution is -1.98. The zero-order valence-corrected chi connectivity index (χ0v) is 18.8. The van der Waals surface area contributed by atoms with Gasteiger partial charge < -0.3 is 9.15 Å². The maximum Gasteiger partial charge on any atom is 0.180 e. The number of hydrogen-bond donors (Lipinski definition) is 0. The van der Waals surface area contributed by atoms with Crippen molar-refractivity contribution in [2.24, 2.45) is 0 Å². The molecular formula is C24H18BrClN2O2. The minimum absolute atomic E-state index is 0.287. The van der Waals surface area contributed by atoms with Gasteiger partial charge in [0.15, 0.2) is 17.2 Å². The molecule has 0 radical (unpaired) electrons. The van der Waals surface area contributed by atoms with Crippen LogP contribution in [0.2, 0.25) is 5.02 Å². The second-order valence-electron chi connectivity index (χ2n) is 7.25. The van der Waals surface area contributed by atoms with Crippen molar-refractivity contribution in [2.75, 3.05) is 0 Å². The van der Waals surface area contributed by atoms with E-state index < -0.39 is 0 Å². The number of imidazole rings is 1. The molecule has 0 spiro atoms. The van der Waals surface area contributed by atoms with Gasteiger partial charge >= 0.3 is 0 Å². The van der Waals surface area contributed by atoms with E-state index in [9.17, 15) is 0 Å². The first kappa shape index (κ1) is 19.2. The summed E-state index contributed by atoms with van der Waals surface area (Å²) in [6, 6.07) is 17.9. The lowest BCUT2D eigenvalue weighted by Gasteiger charge is -2.08. The molecule has 5 rings (SSSR count). The number of fused-ring (bicyclic) bond motifs is 2. The number of pyridine rings is 1. The zero-order chi connectivity index (χ0) is 20.8. The Morgan fingerprint density at radius 3 is 2.70 bits per heavy atom. The topological polar surface area (TPSA) is 39.7 Å². The summed E-state index contributed by atoms with van der Waals surface area (Å²) in [5.74, 6) is 1.47. The fourth-order valence-electron chi connectivity index (χ4n) is 3.68. The zero-order valence-electron chi connectivity index (χ0n) is 16.4. The quantitative estimate of drug-likeness (QED) is 0.269. The summed E-state index contributed by atoms with van der Waals surface area (Å²) in [4.78, 5) is 4.62. The standard InChI is InChI=1S/C24H18BrClN2O2/c1-14-5-10-19-18(12-14)22(16-6-8-17(26)9-7-16)21(30-19)13-29-20-4-3-11-28-23(25)15(2)27-24(20)28/h3-12H,13H2,1-2H3. The van der Waals surface area contributed by atoms with Gasteiger partial charge in [-0.1, -0.05) is 35.4 Å². The van der Waals surface area contributed by atoms with E-state index in [-0.39, 0.29) is 6.61 Å². The molecule has 0 bridgehead atoms. The van der Waals surface area contributed by atoms with Crippen LogP contribution in [0.4, 0.5) is 0 Å². The van der Waals surface area contributed by atoms with Crippen LogP contribution in [0, 0.1) is 13.8 Å². The van der Waals surface area contributed by atoms with Crippen LogP contribution in [0.5, 0.6) is 5.75 Å². The molecule has 0 N–H and O–H groups in total. The van der Waals surface area contributed by atoms with Gasteiger partial charge in [0.25, 0.3) is 0 Å². The van der Waals surface area contributed by atoms with Crippen molar-refractivity contribution >= 4 is 44.1 Å². The van der Waals surface area contributed by atoms with Crippen molar-refractivity contribution in [1.82, 2.24) is 9.38 Å². The van der Waals surface area contributed by atoms with E-state index >= 15 is 0 Å². The normalized spacial score (nSPS) is 11.5. The van der Waals surface area contributed by atoms with Gasteiger partial charge in [0, 0.05) is 22.2 Å². The maximum absolute atomic E-state index is 6.21. The Bertz CT molecular complexity index is 1390. The van der Waals surface area contributed by atoms with Crippen molar-refractivity contribution in [1.29, 1.82) is 0 Å². The predicted octanol–water partition coefficient (Wildman–Crippen LogP) is 7.36. The number of aromatic nitrogens is 2. The molecule has 4 nitrogen and oxygen atoms in total. The minimum Gasteiger partial charge on any atom is -0.482 e. The van der Waals surface area contributed by atoms with E-state index in [4.69, 9.17) is 20.8 Å². The van der Waals surface area contributed by atoms with E-state index in [1.54, 1.807) is 0 Å². The van der Waals surface area contributed by atoms with Gasteiger partial charge in [-0.25, -0.2) is 4.98 Å². The lowest BCUT2D eigenvalue weighted by molar-refractivity contribution is 0.277. The second-order valence-corrected chi connectivity index (χ2v) is 8.44. The molecular weight excluding hydrogens is 464 g/mol. The first-order valence-corrected chi connectivity index (χ1v) is 10.7. The Balaban J connectivity index is 1.59. The van der Waals surface area contributed by atoms with E-state index in [1.807, 2.05) is 66.1 Å². The molecule has 0 saturated heterocycles. The van der Waals surface area contributed by atoms with E-state index in [0.717, 1.165) is 43.8 Å². The van der Waals surface area contributed by atoms with Crippen LogP contribution in [0.25, 0.3) is 27.7 Å². The van der Waals surface area contributed by atoms with E-state index in [1.165, 1.54) is 5.56 Å². The Labute approximate surface area is 187 Å². The molecule has 5 aromatic rings. The number of rotatable bonds is 4. The van der Waals surface area contributed by atoms with Crippen LogP contribution in [0.3, 0.4) is 0 Å². The van der Waals surface area contributed by atoms with Crippen molar-refractivity contribution < 1.29 is 9.15 Å². The Morgan fingerprint density at radius 1 is 1.10 bits per heavy atom. The first-order valence-electron chi connectivity index (χ1n) is 9.55. The van der Waals surface area contributed by atoms with Gasteiger partial charge in [0.1, 0.15) is 16.8 Å². The van der Waals surface area contributed by atoms with Crippen LogP contribution in [0.1, 0.15) is 17.0 Å². The lowest BCUT2D eigenvalue weighted by atomic mass is 10.0. The molecule has 3 heterocycles. The van der Waals surface area contributed by atoms with Gasteiger partial charge in [-0.15, -0.1) is 0 Å². The Kier molecular flexibility index (Phi) is 4.80. The van der Waals surface area contributed by atoms with Crippen LogP contribution in [-0.4, -0.2) is 9.38 Å². The maximum atomic E-state index is 6.21. The smallest absolute Gasteiger partial charge is 0.180 e. The third kappa shape index (κ3) is 3.28. The predicted molar refractivity (Wildman–Crippen MR) is 123 cm³/mol. The fourth-order valence-corrected chi connectivity index (χ4v) is 4.18. The summed E-state index contributed by atoms with van der Waals surface area (Å²) in [5, 5.41) is 1.76. The first-order chi connectivity index (χ1) is 14.5. The van der Waals surface area contributed by atoms with E-state index in [0.29, 0.717) is 10.8 Å².